The number of hydrogen-bond donors (Lipinski definition) is 0. The van der Waals surface area contributed by atoms with Crippen molar-refractivity contribution in [1.82, 2.24) is 24.8 Å². The van der Waals surface area contributed by atoms with Gasteiger partial charge in [-0.05, 0) is 33.4 Å². The Morgan fingerprint density at radius 3 is 2.95 bits per heavy atom. The first-order chi connectivity index (χ1) is 10.6. The molecule has 0 fully saturated rings. The molecule has 6 heteroatoms. The predicted octanol–water partition coefficient (Wildman–Crippen LogP) is 2.12. The number of aryl methyl sites for hydroxylation is 1. The Bertz CT molecular complexity index is 590. The molecule has 0 spiro atoms. The van der Waals surface area contributed by atoms with Gasteiger partial charge in [0, 0.05) is 44.3 Å². The number of hydrogen-bond acceptors (Lipinski definition) is 5. The lowest BCUT2D eigenvalue weighted by Crippen LogP contribution is -2.27. The standard InChI is InChI=1S/C16H25N5O/c1-13(2)19(3)10-15-16-11-20(9-14-5-8-22-12-14)6-4-7-21(16)18-17-15/h5,8,12-13H,4,6-7,9-11H2,1-3H3. The van der Waals surface area contributed by atoms with Gasteiger partial charge in [0.1, 0.15) is 5.69 Å². The molecule has 0 unspecified atom stereocenters. The van der Waals surface area contributed by atoms with Crippen LogP contribution in [0.25, 0.3) is 0 Å². The van der Waals surface area contributed by atoms with Gasteiger partial charge in [-0.15, -0.1) is 5.10 Å². The average Bonchev–Trinajstić information content (AvgIpc) is 3.06. The van der Waals surface area contributed by atoms with Crippen LogP contribution in [-0.4, -0.2) is 44.4 Å². The molecular formula is C16H25N5O. The molecule has 1 aliphatic rings. The first kappa shape index (κ1) is 15.2. The topological polar surface area (TPSA) is 50.3 Å². The molecule has 2 aromatic rings. The highest BCUT2D eigenvalue weighted by Crippen LogP contribution is 2.18. The van der Waals surface area contributed by atoms with Gasteiger partial charge in [0.05, 0.1) is 18.2 Å². The summed E-state index contributed by atoms with van der Waals surface area (Å²) in [5, 5.41) is 8.77. The summed E-state index contributed by atoms with van der Waals surface area (Å²) in [6, 6.07) is 2.54. The lowest BCUT2D eigenvalue weighted by molar-refractivity contribution is 0.247. The zero-order valence-electron chi connectivity index (χ0n) is 13.7. The SMILES string of the molecule is CC(C)N(C)Cc1nnn2c1CN(Cc1ccoc1)CCC2. The predicted molar refractivity (Wildman–Crippen MR) is 84.1 cm³/mol. The lowest BCUT2D eigenvalue weighted by atomic mass is 10.2. The summed E-state index contributed by atoms with van der Waals surface area (Å²) in [6.45, 7) is 9.11. The van der Waals surface area contributed by atoms with Crippen LogP contribution in [0.15, 0.2) is 23.0 Å². The van der Waals surface area contributed by atoms with E-state index >= 15 is 0 Å². The van der Waals surface area contributed by atoms with Gasteiger partial charge in [-0.25, -0.2) is 4.68 Å². The summed E-state index contributed by atoms with van der Waals surface area (Å²) >= 11 is 0. The van der Waals surface area contributed by atoms with E-state index in [9.17, 15) is 0 Å². The highest BCUT2D eigenvalue weighted by molar-refractivity contribution is 5.12. The number of fused-ring (bicyclic) bond motifs is 1. The van der Waals surface area contributed by atoms with E-state index in [1.807, 2.05) is 12.3 Å². The van der Waals surface area contributed by atoms with E-state index in [0.29, 0.717) is 6.04 Å². The van der Waals surface area contributed by atoms with Crippen molar-refractivity contribution < 1.29 is 4.42 Å². The summed E-state index contributed by atoms with van der Waals surface area (Å²) in [4.78, 5) is 4.75. The maximum absolute atomic E-state index is 5.18. The molecular weight excluding hydrogens is 278 g/mol. The Balaban J connectivity index is 1.74. The van der Waals surface area contributed by atoms with E-state index in [0.717, 1.165) is 44.8 Å². The number of rotatable bonds is 5. The maximum Gasteiger partial charge on any atom is 0.101 e. The fourth-order valence-electron chi connectivity index (χ4n) is 2.77. The summed E-state index contributed by atoms with van der Waals surface area (Å²) in [5.41, 5.74) is 3.59. The minimum Gasteiger partial charge on any atom is -0.472 e. The van der Waals surface area contributed by atoms with Crippen molar-refractivity contribution in [2.75, 3.05) is 13.6 Å². The van der Waals surface area contributed by atoms with Crippen LogP contribution in [0.3, 0.4) is 0 Å². The monoisotopic (exact) mass is 303 g/mol. The fourth-order valence-corrected chi connectivity index (χ4v) is 2.77. The summed E-state index contributed by atoms with van der Waals surface area (Å²) in [7, 11) is 2.14. The zero-order chi connectivity index (χ0) is 15.5. The van der Waals surface area contributed by atoms with Gasteiger partial charge in [-0.1, -0.05) is 5.21 Å². The Hall–Kier alpha value is -1.66. The van der Waals surface area contributed by atoms with Crippen molar-refractivity contribution in [1.29, 1.82) is 0 Å². The van der Waals surface area contributed by atoms with Crippen molar-refractivity contribution in [3.05, 3.63) is 35.5 Å². The Kier molecular flexibility index (Phi) is 4.59. The molecule has 3 heterocycles. The van der Waals surface area contributed by atoms with E-state index in [1.165, 1.54) is 11.3 Å². The fraction of sp³-hybridized carbons (Fsp3) is 0.625. The second-order valence-electron chi connectivity index (χ2n) is 6.41. The molecule has 3 rings (SSSR count). The molecule has 1 aliphatic heterocycles. The van der Waals surface area contributed by atoms with Gasteiger partial charge < -0.3 is 4.42 Å². The molecule has 0 saturated heterocycles. The van der Waals surface area contributed by atoms with Crippen molar-refractivity contribution in [2.45, 2.75) is 52.5 Å². The van der Waals surface area contributed by atoms with Gasteiger partial charge in [0.25, 0.3) is 0 Å². The molecule has 0 radical (unpaired) electrons. The minimum atomic E-state index is 0.505. The van der Waals surface area contributed by atoms with Crippen molar-refractivity contribution in [3.8, 4) is 0 Å². The van der Waals surface area contributed by atoms with E-state index in [4.69, 9.17) is 4.42 Å². The number of furan rings is 1. The van der Waals surface area contributed by atoms with Crippen LogP contribution in [0.1, 0.15) is 37.2 Å². The van der Waals surface area contributed by atoms with Crippen LogP contribution in [-0.2, 0) is 26.2 Å². The normalized spacial score (nSPS) is 16.2. The van der Waals surface area contributed by atoms with Crippen molar-refractivity contribution in [3.63, 3.8) is 0 Å². The third-order valence-electron chi connectivity index (χ3n) is 4.40. The highest BCUT2D eigenvalue weighted by Gasteiger charge is 2.21. The van der Waals surface area contributed by atoms with Crippen LogP contribution in [0.5, 0.6) is 0 Å². The Morgan fingerprint density at radius 2 is 2.23 bits per heavy atom. The van der Waals surface area contributed by atoms with E-state index in [2.05, 4.69) is 45.7 Å². The van der Waals surface area contributed by atoms with E-state index in [-0.39, 0.29) is 0 Å². The molecule has 0 bridgehead atoms. The average molecular weight is 303 g/mol. The summed E-state index contributed by atoms with van der Waals surface area (Å²) in [6.07, 6.45) is 4.67. The first-order valence-electron chi connectivity index (χ1n) is 7.98. The van der Waals surface area contributed by atoms with Crippen LogP contribution in [0.2, 0.25) is 0 Å². The van der Waals surface area contributed by atoms with Gasteiger partial charge in [-0.2, -0.15) is 0 Å². The Labute approximate surface area is 131 Å². The summed E-state index contributed by atoms with van der Waals surface area (Å²) < 4.78 is 7.26. The van der Waals surface area contributed by atoms with Crippen LogP contribution in [0.4, 0.5) is 0 Å². The van der Waals surface area contributed by atoms with Crippen molar-refractivity contribution >= 4 is 0 Å². The number of nitrogens with zero attached hydrogens (tertiary/aromatic N) is 5. The highest BCUT2D eigenvalue weighted by atomic mass is 16.3. The summed E-state index contributed by atoms with van der Waals surface area (Å²) in [5.74, 6) is 0. The Morgan fingerprint density at radius 1 is 1.36 bits per heavy atom. The molecule has 2 aromatic heterocycles. The largest absolute Gasteiger partial charge is 0.472 e. The molecule has 120 valence electrons. The first-order valence-corrected chi connectivity index (χ1v) is 7.98. The molecule has 0 saturated carbocycles. The lowest BCUT2D eigenvalue weighted by Gasteiger charge is -2.22. The smallest absolute Gasteiger partial charge is 0.101 e. The molecule has 0 N–H and O–H groups in total. The zero-order valence-corrected chi connectivity index (χ0v) is 13.7. The van der Waals surface area contributed by atoms with Gasteiger partial charge in [0.15, 0.2) is 0 Å². The van der Waals surface area contributed by atoms with Crippen LogP contribution >= 0.6 is 0 Å². The third-order valence-corrected chi connectivity index (χ3v) is 4.40. The minimum absolute atomic E-state index is 0.505. The van der Waals surface area contributed by atoms with E-state index in [1.54, 1.807) is 6.26 Å². The van der Waals surface area contributed by atoms with Crippen LogP contribution < -0.4 is 0 Å². The maximum atomic E-state index is 5.18. The molecule has 0 aromatic carbocycles. The second kappa shape index (κ2) is 6.62. The molecule has 0 aliphatic carbocycles. The van der Waals surface area contributed by atoms with Gasteiger partial charge >= 0.3 is 0 Å². The second-order valence-corrected chi connectivity index (χ2v) is 6.41. The van der Waals surface area contributed by atoms with Crippen molar-refractivity contribution in [2.24, 2.45) is 0 Å². The van der Waals surface area contributed by atoms with Crippen LogP contribution in [0, 0.1) is 0 Å². The van der Waals surface area contributed by atoms with Gasteiger partial charge in [0.2, 0.25) is 0 Å². The number of aromatic nitrogens is 3. The molecule has 0 amide bonds. The molecule has 0 atom stereocenters. The van der Waals surface area contributed by atoms with Gasteiger partial charge in [-0.3, -0.25) is 9.80 Å². The quantitative estimate of drug-likeness (QED) is 0.847. The molecule has 6 nitrogen and oxygen atoms in total. The van der Waals surface area contributed by atoms with E-state index < -0.39 is 0 Å². The molecule has 22 heavy (non-hydrogen) atoms. The third kappa shape index (κ3) is 3.39.